The third-order valence-corrected chi connectivity index (χ3v) is 4.40. The normalized spacial score (nSPS) is 11.7. The minimum absolute atomic E-state index is 0.234. The largest absolute Gasteiger partial charge is 0.492 e. The topological polar surface area (TPSA) is 62.6 Å². The number of carbonyl (C=O) groups is 1. The molecule has 1 unspecified atom stereocenters. The van der Waals surface area contributed by atoms with E-state index < -0.39 is 0 Å². The molecule has 26 heavy (non-hydrogen) atoms. The Labute approximate surface area is 154 Å². The van der Waals surface area contributed by atoms with Gasteiger partial charge in [-0.1, -0.05) is 19.1 Å². The number of rotatable bonds is 8. The van der Waals surface area contributed by atoms with Gasteiger partial charge in [-0.2, -0.15) is 5.26 Å². The minimum Gasteiger partial charge on any atom is -0.492 e. The number of hydrogen-bond acceptors (Lipinski definition) is 5. The third kappa shape index (κ3) is 5.08. The van der Waals surface area contributed by atoms with Crippen LogP contribution in [0.15, 0.2) is 48.5 Å². The average molecular weight is 352 g/mol. The molecule has 0 saturated heterocycles. The maximum absolute atomic E-state index is 11.4. The first-order chi connectivity index (χ1) is 12.6. The zero-order chi connectivity index (χ0) is 18.9. The Kier molecular flexibility index (Phi) is 7.19. The Morgan fingerprint density at radius 2 is 1.81 bits per heavy atom. The average Bonchev–Trinajstić information content (AvgIpc) is 2.70. The van der Waals surface area contributed by atoms with Crippen LogP contribution in [0.3, 0.4) is 0 Å². The molecule has 0 heterocycles. The number of methoxy groups -OCH3 is 1. The second kappa shape index (κ2) is 9.59. The summed E-state index contributed by atoms with van der Waals surface area (Å²) in [6, 6.07) is 17.0. The van der Waals surface area contributed by atoms with Crippen LogP contribution in [0.5, 0.6) is 5.75 Å². The first kappa shape index (κ1) is 19.5. The van der Waals surface area contributed by atoms with Crippen LogP contribution in [-0.4, -0.2) is 37.7 Å². The van der Waals surface area contributed by atoms with Crippen molar-refractivity contribution >= 4 is 5.97 Å². The first-order valence-electron chi connectivity index (χ1n) is 8.64. The highest BCUT2D eigenvalue weighted by Gasteiger charge is 2.14. The molecule has 0 N–H and O–H groups in total. The van der Waals surface area contributed by atoms with Crippen LogP contribution in [-0.2, 0) is 4.74 Å². The molecule has 2 aromatic carbocycles. The standard InChI is InChI=1S/C21H24N2O3/c1-4-23(16(2)18-7-5-17(15-22)6-8-18)13-14-26-20-11-9-19(10-12-20)21(24)25-3/h5-12,16H,4,13-14H2,1-3H3. The van der Waals surface area contributed by atoms with Crippen molar-refractivity contribution in [2.45, 2.75) is 19.9 Å². The van der Waals surface area contributed by atoms with E-state index in [-0.39, 0.29) is 12.0 Å². The summed E-state index contributed by atoms with van der Waals surface area (Å²) in [5.74, 6) is 0.365. The van der Waals surface area contributed by atoms with Crippen LogP contribution in [0.1, 0.15) is 41.4 Å². The van der Waals surface area contributed by atoms with E-state index in [4.69, 9.17) is 10.00 Å². The van der Waals surface area contributed by atoms with Gasteiger partial charge in [-0.25, -0.2) is 4.79 Å². The molecule has 2 aromatic rings. The molecular weight excluding hydrogens is 328 g/mol. The summed E-state index contributed by atoms with van der Waals surface area (Å²) in [4.78, 5) is 13.7. The number of nitrogens with zero attached hydrogens (tertiary/aromatic N) is 2. The number of carbonyl (C=O) groups excluding carboxylic acids is 1. The molecule has 0 amide bonds. The van der Waals surface area contributed by atoms with Gasteiger partial charge in [0.25, 0.3) is 0 Å². The van der Waals surface area contributed by atoms with Gasteiger partial charge >= 0.3 is 5.97 Å². The Balaban J connectivity index is 1.89. The smallest absolute Gasteiger partial charge is 0.337 e. The van der Waals surface area contributed by atoms with Crippen molar-refractivity contribution in [1.82, 2.24) is 4.90 Å². The van der Waals surface area contributed by atoms with Gasteiger partial charge in [-0.15, -0.1) is 0 Å². The Hall–Kier alpha value is -2.84. The summed E-state index contributed by atoms with van der Waals surface area (Å²) in [6.45, 7) is 6.48. The van der Waals surface area contributed by atoms with Gasteiger partial charge in [0, 0.05) is 12.6 Å². The summed E-state index contributed by atoms with van der Waals surface area (Å²) >= 11 is 0. The lowest BCUT2D eigenvalue weighted by Crippen LogP contribution is -2.31. The van der Waals surface area contributed by atoms with Gasteiger partial charge in [0.05, 0.1) is 24.3 Å². The molecule has 1 atom stereocenters. The van der Waals surface area contributed by atoms with Crippen LogP contribution >= 0.6 is 0 Å². The molecule has 5 nitrogen and oxygen atoms in total. The van der Waals surface area contributed by atoms with Gasteiger partial charge in [0.1, 0.15) is 12.4 Å². The highest BCUT2D eigenvalue weighted by Crippen LogP contribution is 2.20. The molecular formula is C21H24N2O3. The molecule has 5 heteroatoms. The van der Waals surface area contributed by atoms with Crippen molar-refractivity contribution < 1.29 is 14.3 Å². The molecule has 136 valence electrons. The number of hydrogen-bond donors (Lipinski definition) is 0. The quantitative estimate of drug-likeness (QED) is 0.676. The molecule has 0 spiro atoms. The predicted octanol–water partition coefficient (Wildman–Crippen LogP) is 3.81. The second-order valence-corrected chi connectivity index (χ2v) is 5.90. The maximum Gasteiger partial charge on any atom is 0.337 e. The SMILES string of the molecule is CCN(CCOc1ccc(C(=O)OC)cc1)C(C)c1ccc(C#N)cc1. The van der Waals surface area contributed by atoms with Gasteiger partial charge < -0.3 is 9.47 Å². The van der Waals surface area contributed by atoms with E-state index >= 15 is 0 Å². The molecule has 0 bridgehead atoms. The van der Waals surface area contributed by atoms with Gasteiger partial charge in [-0.3, -0.25) is 4.90 Å². The van der Waals surface area contributed by atoms with Crippen molar-refractivity contribution in [3.63, 3.8) is 0 Å². The molecule has 0 radical (unpaired) electrons. The fourth-order valence-corrected chi connectivity index (χ4v) is 2.76. The van der Waals surface area contributed by atoms with Gasteiger partial charge in [0.15, 0.2) is 0 Å². The Morgan fingerprint density at radius 3 is 2.35 bits per heavy atom. The lowest BCUT2D eigenvalue weighted by molar-refractivity contribution is 0.0600. The molecule has 0 aliphatic carbocycles. The van der Waals surface area contributed by atoms with Crippen LogP contribution < -0.4 is 4.74 Å². The lowest BCUT2D eigenvalue weighted by atomic mass is 10.1. The van der Waals surface area contributed by atoms with Crippen LogP contribution in [0.4, 0.5) is 0 Å². The fraction of sp³-hybridized carbons (Fsp3) is 0.333. The zero-order valence-electron chi connectivity index (χ0n) is 15.4. The van der Waals surface area contributed by atoms with E-state index in [2.05, 4.69) is 29.6 Å². The molecule has 2 rings (SSSR count). The van der Waals surface area contributed by atoms with Crippen LogP contribution in [0.25, 0.3) is 0 Å². The number of benzene rings is 2. The molecule has 0 aliphatic heterocycles. The van der Waals surface area contributed by atoms with E-state index in [1.807, 2.05) is 24.3 Å². The van der Waals surface area contributed by atoms with Crippen molar-refractivity contribution in [3.05, 3.63) is 65.2 Å². The molecule has 0 aromatic heterocycles. The predicted molar refractivity (Wildman–Crippen MR) is 100 cm³/mol. The Bertz CT molecular complexity index is 748. The molecule has 0 aliphatic rings. The Morgan fingerprint density at radius 1 is 1.15 bits per heavy atom. The van der Waals surface area contributed by atoms with Crippen LogP contribution in [0.2, 0.25) is 0 Å². The van der Waals surface area contributed by atoms with Crippen molar-refractivity contribution in [3.8, 4) is 11.8 Å². The first-order valence-corrected chi connectivity index (χ1v) is 8.64. The summed E-state index contributed by atoms with van der Waals surface area (Å²) in [5, 5.41) is 8.91. The highest BCUT2D eigenvalue weighted by molar-refractivity contribution is 5.89. The van der Waals surface area contributed by atoms with Crippen molar-refractivity contribution in [2.75, 3.05) is 26.8 Å². The fourth-order valence-electron chi connectivity index (χ4n) is 2.76. The van der Waals surface area contributed by atoms with E-state index in [0.717, 1.165) is 18.8 Å². The minimum atomic E-state index is -0.357. The highest BCUT2D eigenvalue weighted by atomic mass is 16.5. The van der Waals surface area contributed by atoms with E-state index in [1.54, 1.807) is 24.3 Å². The summed E-state index contributed by atoms with van der Waals surface area (Å²) < 4.78 is 10.5. The number of esters is 1. The van der Waals surface area contributed by atoms with E-state index in [1.165, 1.54) is 12.7 Å². The maximum atomic E-state index is 11.4. The summed E-state index contributed by atoms with van der Waals surface area (Å²) in [6.07, 6.45) is 0. The van der Waals surface area contributed by atoms with Gasteiger partial charge in [-0.05, 0) is 55.4 Å². The second-order valence-electron chi connectivity index (χ2n) is 5.90. The summed E-state index contributed by atoms with van der Waals surface area (Å²) in [7, 11) is 1.36. The molecule has 0 fully saturated rings. The lowest BCUT2D eigenvalue weighted by Gasteiger charge is -2.28. The van der Waals surface area contributed by atoms with E-state index in [0.29, 0.717) is 17.7 Å². The third-order valence-electron chi connectivity index (χ3n) is 4.40. The van der Waals surface area contributed by atoms with E-state index in [9.17, 15) is 4.79 Å². The monoisotopic (exact) mass is 352 g/mol. The number of likely N-dealkylation sites (N-methyl/N-ethyl adjacent to an activating group) is 1. The van der Waals surface area contributed by atoms with Crippen LogP contribution in [0, 0.1) is 11.3 Å². The van der Waals surface area contributed by atoms with Crippen molar-refractivity contribution in [1.29, 1.82) is 5.26 Å². The number of ether oxygens (including phenoxy) is 2. The van der Waals surface area contributed by atoms with Crippen molar-refractivity contribution in [2.24, 2.45) is 0 Å². The summed E-state index contributed by atoms with van der Waals surface area (Å²) in [5.41, 5.74) is 2.35. The zero-order valence-corrected chi connectivity index (χ0v) is 15.4. The molecule has 0 saturated carbocycles. The van der Waals surface area contributed by atoms with Gasteiger partial charge in [0.2, 0.25) is 0 Å². The number of nitriles is 1.